The molecule has 1 atom stereocenters. The highest BCUT2D eigenvalue weighted by molar-refractivity contribution is 5.74. The topological polar surface area (TPSA) is 71.0 Å². The van der Waals surface area contributed by atoms with Crippen LogP contribution < -0.4 is 16.0 Å². The van der Waals surface area contributed by atoms with E-state index in [1.807, 2.05) is 6.33 Å². The Morgan fingerprint density at radius 1 is 1.63 bits per heavy atom. The smallest absolute Gasteiger partial charge is 0.315 e. The number of carbonyl (C=O) groups excluding carboxylic acids is 1. The van der Waals surface area contributed by atoms with Crippen molar-refractivity contribution >= 4 is 6.03 Å². The highest BCUT2D eigenvalue weighted by atomic mass is 16.2. The molecule has 2 heterocycles. The second-order valence-corrected chi connectivity index (χ2v) is 5.45. The summed E-state index contributed by atoms with van der Waals surface area (Å²) in [6, 6.07) is 0.145. The molecule has 0 aromatic carbocycles. The van der Waals surface area contributed by atoms with Gasteiger partial charge in [0, 0.05) is 25.3 Å². The maximum Gasteiger partial charge on any atom is 0.315 e. The van der Waals surface area contributed by atoms with Crippen molar-refractivity contribution in [1.29, 1.82) is 0 Å². The predicted octanol–water partition coefficient (Wildman–Crippen LogP) is 0.700. The zero-order valence-electron chi connectivity index (χ0n) is 11.6. The fraction of sp³-hybridized carbons (Fsp3) is 0.692. The van der Waals surface area contributed by atoms with Crippen LogP contribution in [0.15, 0.2) is 12.5 Å². The minimum absolute atomic E-state index is 0.106. The van der Waals surface area contributed by atoms with Gasteiger partial charge in [-0.15, -0.1) is 0 Å². The summed E-state index contributed by atoms with van der Waals surface area (Å²) in [7, 11) is 0. The van der Waals surface area contributed by atoms with Crippen LogP contribution in [0.3, 0.4) is 0 Å². The van der Waals surface area contributed by atoms with Crippen molar-refractivity contribution < 1.29 is 4.79 Å². The van der Waals surface area contributed by atoms with Crippen molar-refractivity contribution in [3.63, 3.8) is 0 Å². The van der Waals surface area contributed by atoms with Gasteiger partial charge < -0.3 is 20.5 Å². The number of nitrogens with one attached hydrogen (secondary N) is 3. The standard InChI is InChI=1S/C13H23N5O/c1-10(2)8-18-9-15-6-12(18)7-16-13(19)17-11-3-4-14-5-11/h6,9-11,14H,3-5,7-8H2,1-2H3,(H2,16,17,19). The molecule has 2 rings (SSSR count). The lowest BCUT2D eigenvalue weighted by molar-refractivity contribution is 0.237. The van der Waals surface area contributed by atoms with Crippen LogP contribution in [0.25, 0.3) is 0 Å². The van der Waals surface area contributed by atoms with Crippen molar-refractivity contribution in [3.05, 3.63) is 18.2 Å². The molecular weight excluding hydrogens is 242 g/mol. The number of hydrogen-bond donors (Lipinski definition) is 3. The van der Waals surface area contributed by atoms with Gasteiger partial charge in [-0.3, -0.25) is 0 Å². The van der Waals surface area contributed by atoms with E-state index in [0.717, 1.165) is 31.7 Å². The molecule has 0 bridgehead atoms. The Balaban J connectivity index is 1.78. The Bertz CT molecular complexity index is 409. The van der Waals surface area contributed by atoms with E-state index in [1.54, 1.807) is 6.20 Å². The predicted molar refractivity (Wildman–Crippen MR) is 73.7 cm³/mol. The summed E-state index contributed by atoms with van der Waals surface area (Å²) < 4.78 is 2.09. The molecule has 1 unspecified atom stereocenters. The average Bonchev–Trinajstić information content (AvgIpc) is 2.97. The van der Waals surface area contributed by atoms with Crippen LogP contribution >= 0.6 is 0 Å². The van der Waals surface area contributed by atoms with Crippen LogP contribution in [0.2, 0.25) is 0 Å². The van der Waals surface area contributed by atoms with Crippen LogP contribution in [-0.4, -0.2) is 34.7 Å². The van der Waals surface area contributed by atoms with Gasteiger partial charge >= 0.3 is 6.03 Å². The van der Waals surface area contributed by atoms with E-state index in [0.29, 0.717) is 12.5 Å². The van der Waals surface area contributed by atoms with E-state index in [1.165, 1.54) is 0 Å². The molecule has 1 saturated heterocycles. The summed E-state index contributed by atoms with van der Waals surface area (Å²) in [4.78, 5) is 15.9. The molecule has 19 heavy (non-hydrogen) atoms. The molecule has 106 valence electrons. The Morgan fingerprint density at radius 3 is 3.16 bits per heavy atom. The van der Waals surface area contributed by atoms with E-state index in [9.17, 15) is 4.79 Å². The molecule has 2 amide bonds. The highest BCUT2D eigenvalue weighted by Gasteiger charge is 2.16. The lowest BCUT2D eigenvalue weighted by atomic mass is 10.2. The molecule has 1 aliphatic heterocycles. The second-order valence-electron chi connectivity index (χ2n) is 5.45. The van der Waals surface area contributed by atoms with E-state index in [4.69, 9.17) is 0 Å². The minimum Gasteiger partial charge on any atom is -0.334 e. The molecule has 0 radical (unpaired) electrons. The quantitative estimate of drug-likeness (QED) is 0.734. The Kier molecular flexibility index (Phi) is 4.79. The van der Waals surface area contributed by atoms with Crippen molar-refractivity contribution in [2.24, 2.45) is 5.92 Å². The number of nitrogens with zero attached hydrogens (tertiary/aromatic N) is 2. The third-order valence-electron chi connectivity index (χ3n) is 3.19. The summed E-state index contributed by atoms with van der Waals surface area (Å²) >= 11 is 0. The van der Waals surface area contributed by atoms with Crippen molar-refractivity contribution in [3.8, 4) is 0 Å². The van der Waals surface area contributed by atoms with Crippen LogP contribution in [0.5, 0.6) is 0 Å². The van der Waals surface area contributed by atoms with Gasteiger partial charge in [-0.2, -0.15) is 0 Å². The lowest BCUT2D eigenvalue weighted by Crippen LogP contribution is -2.42. The first-order chi connectivity index (χ1) is 9.15. The molecule has 0 spiro atoms. The van der Waals surface area contributed by atoms with Gasteiger partial charge in [0.15, 0.2) is 0 Å². The summed E-state index contributed by atoms with van der Waals surface area (Å²) in [5.74, 6) is 0.561. The van der Waals surface area contributed by atoms with Crippen molar-refractivity contribution in [2.75, 3.05) is 13.1 Å². The second kappa shape index (κ2) is 6.56. The number of carbonyl (C=O) groups is 1. The molecule has 1 aromatic rings. The minimum atomic E-state index is -0.106. The Hall–Kier alpha value is -1.56. The number of urea groups is 1. The van der Waals surface area contributed by atoms with E-state index >= 15 is 0 Å². The Morgan fingerprint density at radius 2 is 2.47 bits per heavy atom. The maximum absolute atomic E-state index is 11.7. The summed E-state index contributed by atoms with van der Waals surface area (Å²) in [6.45, 7) is 7.60. The summed E-state index contributed by atoms with van der Waals surface area (Å²) in [5.41, 5.74) is 1.04. The molecule has 1 aromatic heterocycles. The number of hydrogen-bond acceptors (Lipinski definition) is 3. The van der Waals surface area contributed by atoms with Gasteiger partial charge in [-0.1, -0.05) is 13.8 Å². The first kappa shape index (κ1) is 13.9. The maximum atomic E-state index is 11.7. The first-order valence-electron chi connectivity index (χ1n) is 6.89. The van der Waals surface area contributed by atoms with Gasteiger partial charge in [-0.25, -0.2) is 9.78 Å². The molecular formula is C13H23N5O. The zero-order valence-corrected chi connectivity index (χ0v) is 11.6. The van der Waals surface area contributed by atoms with E-state index < -0.39 is 0 Å². The molecule has 0 saturated carbocycles. The van der Waals surface area contributed by atoms with Crippen LogP contribution in [0, 0.1) is 5.92 Å². The third kappa shape index (κ3) is 4.24. The molecule has 0 aliphatic carbocycles. The highest BCUT2D eigenvalue weighted by Crippen LogP contribution is 2.04. The van der Waals surface area contributed by atoms with E-state index in [2.05, 4.69) is 39.3 Å². The lowest BCUT2D eigenvalue weighted by Gasteiger charge is -2.14. The summed E-state index contributed by atoms with van der Waals surface area (Å²) in [6.07, 6.45) is 4.62. The number of rotatable bonds is 5. The van der Waals surface area contributed by atoms with Crippen molar-refractivity contribution in [2.45, 2.75) is 39.4 Å². The summed E-state index contributed by atoms with van der Waals surface area (Å²) in [5, 5.41) is 9.07. The molecule has 6 heteroatoms. The first-order valence-corrected chi connectivity index (χ1v) is 6.89. The van der Waals surface area contributed by atoms with Crippen LogP contribution in [0.4, 0.5) is 4.79 Å². The fourth-order valence-corrected chi connectivity index (χ4v) is 2.24. The van der Waals surface area contributed by atoms with Crippen LogP contribution in [0.1, 0.15) is 26.0 Å². The van der Waals surface area contributed by atoms with Gasteiger partial charge in [0.05, 0.1) is 18.6 Å². The zero-order chi connectivity index (χ0) is 13.7. The average molecular weight is 265 g/mol. The number of imidazole rings is 1. The van der Waals surface area contributed by atoms with Crippen LogP contribution in [-0.2, 0) is 13.1 Å². The number of amides is 2. The monoisotopic (exact) mass is 265 g/mol. The molecule has 6 nitrogen and oxygen atoms in total. The van der Waals surface area contributed by atoms with E-state index in [-0.39, 0.29) is 12.1 Å². The Labute approximate surface area is 114 Å². The molecule has 3 N–H and O–H groups in total. The van der Waals surface area contributed by atoms with Gasteiger partial charge in [0.1, 0.15) is 0 Å². The fourth-order valence-electron chi connectivity index (χ4n) is 2.24. The number of aromatic nitrogens is 2. The largest absolute Gasteiger partial charge is 0.334 e. The normalized spacial score (nSPS) is 18.8. The van der Waals surface area contributed by atoms with Gasteiger partial charge in [0.2, 0.25) is 0 Å². The van der Waals surface area contributed by atoms with Gasteiger partial charge in [-0.05, 0) is 18.9 Å². The third-order valence-corrected chi connectivity index (χ3v) is 3.19. The van der Waals surface area contributed by atoms with Crippen molar-refractivity contribution in [1.82, 2.24) is 25.5 Å². The molecule has 1 aliphatic rings. The SMILES string of the molecule is CC(C)Cn1cncc1CNC(=O)NC1CCNC1. The van der Waals surface area contributed by atoms with Gasteiger partial charge in [0.25, 0.3) is 0 Å². The molecule has 1 fully saturated rings.